The van der Waals surface area contributed by atoms with Gasteiger partial charge in [-0.3, -0.25) is 0 Å². The number of aryl methyl sites for hydroxylation is 1. The summed E-state index contributed by atoms with van der Waals surface area (Å²) in [6, 6.07) is 10.4. The van der Waals surface area contributed by atoms with Crippen molar-refractivity contribution in [2.45, 2.75) is 26.9 Å². The molecule has 1 heterocycles. The van der Waals surface area contributed by atoms with E-state index in [9.17, 15) is 0 Å². The molecule has 18 heavy (non-hydrogen) atoms. The van der Waals surface area contributed by atoms with Crippen molar-refractivity contribution < 1.29 is 4.52 Å². The van der Waals surface area contributed by atoms with Crippen LogP contribution in [0.2, 0.25) is 0 Å². The molecular formula is C14H19N3O. The molecule has 0 fully saturated rings. The predicted molar refractivity (Wildman–Crippen MR) is 72.3 cm³/mol. The molecule has 2 N–H and O–H groups in total. The highest BCUT2D eigenvalue weighted by molar-refractivity contribution is 5.48. The Labute approximate surface area is 107 Å². The van der Waals surface area contributed by atoms with Crippen LogP contribution >= 0.6 is 0 Å². The lowest BCUT2D eigenvalue weighted by molar-refractivity contribution is 0.376. The first-order valence-corrected chi connectivity index (χ1v) is 6.19. The summed E-state index contributed by atoms with van der Waals surface area (Å²) in [5.41, 5.74) is 8.77. The van der Waals surface area contributed by atoms with Gasteiger partial charge in [0.25, 0.3) is 0 Å². The van der Waals surface area contributed by atoms with Gasteiger partial charge in [-0.25, -0.2) is 0 Å². The number of nitrogens with two attached hydrogens (primary N) is 1. The van der Waals surface area contributed by atoms with E-state index in [1.807, 2.05) is 6.07 Å². The van der Waals surface area contributed by atoms with Crippen LogP contribution in [0.1, 0.15) is 23.9 Å². The first-order valence-electron chi connectivity index (χ1n) is 6.19. The molecule has 0 saturated carbocycles. The van der Waals surface area contributed by atoms with Gasteiger partial charge in [0.2, 0.25) is 0 Å². The van der Waals surface area contributed by atoms with E-state index in [0.29, 0.717) is 13.1 Å². The highest BCUT2D eigenvalue weighted by Crippen LogP contribution is 2.18. The highest BCUT2D eigenvalue weighted by atomic mass is 16.5. The summed E-state index contributed by atoms with van der Waals surface area (Å²) in [7, 11) is 0. The fourth-order valence-corrected chi connectivity index (χ4v) is 1.92. The second kappa shape index (κ2) is 5.69. The van der Waals surface area contributed by atoms with E-state index in [2.05, 4.69) is 48.2 Å². The van der Waals surface area contributed by atoms with Crippen LogP contribution in [0.3, 0.4) is 0 Å². The van der Waals surface area contributed by atoms with Gasteiger partial charge < -0.3 is 15.2 Å². The van der Waals surface area contributed by atoms with Gasteiger partial charge in [-0.2, -0.15) is 0 Å². The molecule has 0 spiro atoms. The van der Waals surface area contributed by atoms with Crippen molar-refractivity contribution >= 4 is 5.69 Å². The van der Waals surface area contributed by atoms with Crippen LogP contribution < -0.4 is 10.6 Å². The van der Waals surface area contributed by atoms with Gasteiger partial charge in [0.05, 0.1) is 12.2 Å². The Kier molecular flexibility index (Phi) is 3.99. The lowest BCUT2D eigenvalue weighted by atomic mass is 10.2. The first kappa shape index (κ1) is 12.6. The van der Waals surface area contributed by atoms with Crippen molar-refractivity contribution in [1.82, 2.24) is 5.16 Å². The zero-order valence-electron chi connectivity index (χ0n) is 10.9. The first-order chi connectivity index (χ1) is 8.72. The van der Waals surface area contributed by atoms with Crippen LogP contribution in [0.5, 0.6) is 0 Å². The number of anilines is 1. The van der Waals surface area contributed by atoms with Crippen LogP contribution in [-0.4, -0.2) is 11.7 Å². The Bertz CT molecular complexity index is 507. The van der Waals surface area contributed by atoms with E-state index >= 15 is 0 Å². The smallest absolute Gasteiger partial charge is 0.156 e. The number of hydrogen-bond acceptors (Lipinski definition) is 4. The molecule has 0 radical (unpaired) electrons. The van der Waals surface area contributed by atoms with Gasteiger partial charge in [-0.15, -0.1) is 0 Å². The van der Waals surface area contributed by atoms with Crippen molar-refractivity contribution in [2.24, 2.45) is 5.73 Å². The van der Waals surface area contributed by atoms with Gasteiger partial charge in [-0.1, -0.05) is 17.3 Å². The molecule has 0 aliphatic rings. The van der Waals surface area contributed by atoms with Crippen molar-refractivity contribution in [1.29, 1.82) is 0 Å². The van der Waals surface area contributed by atoms with E-state index in [1.165, 1.54) is 11.3 Å². The summed E-state index contributed by atoms with van der Waals surface area (Å²) in [5.74, 6) is 0.846. The van der Waals surface area contributed by atoms with E-state index in [-0.39, 0.29) is 0 Å². The fraction of sp³-hybridized carbons (Fsp3) is 0.357. The second-order valence-electron chi connectivity index (χ2n) is 4.34. The molecular weight excluding hydrogens is 226 g/mol. The molecule has 1 aromatic heterocycles. The molecule has 2 aromatic rings. The topological polar surface area (TPSA) is 55.3 Å². The maximum absolute atomic E-state index is 5.52. The number of rotatable bonds is 5. The molecule has 0 aliphatic carbocycles. The third-order valence-corrected chi connectivity index (χ3v) is 2.91. The minimum Gasteiger partial charge on any atom is -0.364 e. The van der Waals surface area contributed by atoms with E-state index in [0.717, 1.165) is 18.0 Å². The summed E-state index contributed by atoms with van der Waals surface area (Å²) in [6.45, 7) is 6.27. The summed E-state index contributed by atoms with van der Waals surface area (Å²) >= 11 is 0. The molecule has 96 valence electrons. The van der Waals surface area contributed by atoms with Crippen molar-refractivity contribution in [3.05, 3.63) is 47.3 Å². The summed E-state index contributed by atoms with van der Waals surface area (Å²) < 4.78 is 5.27. The van der Waals surface area contributed by atoms with Crippen LogP contribution in [0, 0.1) is 6.92 Å². The van der Waals surface area contributed by atoms with Gasteiger partial charge in [0, 0.05) is 24.8 Å². The predicted octanol–water partition coefficient (Wildman–Crippen LogP) is 2.47. The fourth-order valence-electron chi connectivity index (χ4n) is 1.92. The minimum atomic E-state index is 0.417. The Morgan fingerprint density at radius 1 is 1.33 bits per heavy atom. The van der Waals surface area contributed by atoms with Crippen LogP contribution in [0.4, 0.5) is 5.69 Å². The Balaban J connectivity index is 2.14. The molecule has 0 bridgehead atoms. The van der Waals surface area contributed by atoms with Crippen LogP contribution in [-0.2, 0) is 13.1 Å². The maximum Gasteiger partial charge on any atom is 0.156 e. The summed E-state index contributed by atoms with van der Waals surface area (Å²) in [4.78, 5) is 2.24. The molecule has 0 amide bonds. The molecule has 0 aliphatic heterocycles. The molecule has 4 nitrogen and oxygen atoms in total. The maximum atomic E-state index is 5.52. The van der Waals surface area contributed by atoms with Crippen LogP contribution in [0.15, 0.2) is 34.9 Å². The summed E-state index contributed by atoms with van der Waals surface area (Å²) in [5, 5.41) is 3.91. The molecule has 0 saturated heterocycles. The number of hydrogen-bond donors (Lipinski definition) is 1. The highest BCUT2D eigenvalue weighted by Gasteiger charge is 2.09. The third-order valence-electron chi connectivity index (χ3n) is 2.91. The molecule has 0 unspecified atom stereocenters. The quantitative estimate of drug-likeness (QED) is 0.879. The van der Waals surface area contributed by atoms with E-state index in [1.54, 1.807) is 0 Å². The lowest BCUT2D eigenvalue weighted by Crippen LogP contribution is -2.21. The normalized spacial score (nSPS) is 10.6. The van der Waals surface area contributed by atoms with Gasteiger partial charge in [0.15, 0.2) is 5.76 Å². The SMILES string of the molecule is CCN(Cc1cc(CN)no1)c1cccc(C)c1. The van der Waals surface area contributed by atoms with Gasteiger partial charge in [-0.05, 0) is 31.5 Å². The van der Waals surface area contributed by atoms with Gasteiger partial charge in [0.1, 0.15) is 0 Å². The van der Waals surface area contributed by atoms with Crippen molar-refractivity contribution in [3.8, 4) is 0 Å². The summed E-state index contributed by atoms with van der Waals surface area (Å²) in [6.07, 6.45) is 0. The number of nitrogens with zero attached hydrogens (tertiary/aromatic N) is 2. The largest absolute Gasteiger partial charge is 0.364 e. The third kappa shape index (κ3) is 2.90. The standard InChI is InChI=1S/C14H19N3O/c1-3-17(13-6-4-5-11(2)7-13)10-14-8-12(9-15)16-18-14/h4-8H,3,9-10,15H2,1-2H3. The zero-order valence-corrected chi connectivity index (χ0v) is 10.9. The Hall–Kier alpha value is -1.81. The van der Waals surface area contributed by atoms with Crippen molar-refractivity contribution in [2.75, 3.05) is 11.4 Å². The monoisotopic (exact) mass is 245 g/mol. The average molecular weight is 245 g/mol. The lowest BCUT2D eigenvalue weighted by Gasteiger charge is -2.21. The van der Waals surface area contributed by atoms with Gasteiger partial charge >= 0.3 is 0 Å². The van der Waals surface area contributed by atoms with Crippen molar-refractivity contribution in [3.63, 3.8) is 0 Å². The molecule has 4 heteroatoms. The number of aromatic nitrogens is 1. The average Bonchev–Trinajstić information content (AvgIpc) is 2.83. The minimum absolute atomic E-state index is 0.417. The second-order valence-corrected chi connectivity index (χ2v) is 4.34. The Morgan fingerprint density at radius 2 is 2.17 bits per heavy atom. The zero-order chi connectivity index (χ0) is 13.0. The Morgan fingerprint density at radius 3 is 2.78 bits per heavy atom. The van der Waals surface area contributed by atoms with E-state index < -0.39 is 0 Å². The molecule has 1 aromatic carbocycles. The molecule has 2 rings (SSSR count). The number of benzene rings is 1. The van der Waals surface area contributed by atoms with E-state index in [4.69, 9.17) is 10.3 Å². The van der Waals surface area contributed by atoms with Crippen LogP contribution in [0.25, 0.3) is 0 Å². The molecule has 0 atom stereocenters.